The second kappa shape index (κ2) is 8.89. The van der Waals surface area contributed by atoms with Gasteiger partial charge in [-0.3, -0.25) is 0 Å². The lowest BCUT2D eigenvalue weighted by molar-refractivity contribution is -0.172. The van der Waals surface area contributed by atoms with E-state index in [2.05, 4.69) is 15.0 Å². The van der Waals surface area contributed by atoms with Crippen LogP contribution in [0, 0.1) is 6.92 Å². The number of ether oxygens (including phenoxy) is 2. The standard InChI is InChI=1S/C13H22F3N3O2/c1-3-20-7-4-6-19-9-11(2)18-12(19)17-5-8-21-10-13(14,15)16/h9H,3-8,10H2,1-2H3,(H,17,18). The van der Waals surface area contributed by atoms with Gasteiger partial charge in [0.2, 0.25) is 5.95 Å². The summed E-state index contributed by atoms with van der Waals surface area (Å²) in [5, 5.41) is 2.98. The second-order valence-electron chi connectivity index (χ2n) is 4.54. The third-order valence-corrected chi connectivity index (χ3v) is 2.58. The van der Waals surface area contributed by atoms with E-state index in [9.17, 15) is 13.2 Å². The molecule has 0 bridgehead atoms. The molecule has 0 spiro atoms. The molecular formula is C13H22F3N3O2. The number of aromatic nitrogens is 2. The van der Waals surface area contributed by atoms with Gasteiger partial charge in [0.25, 0.3) is 0 Å². The first kappa shape index (κ1) is 17.8. The highest BCUT2D eigenvalue weighted by Gasteiger charge is 2.27. The topological polar surface area (TPSA) is 48.3 Å². The Balaban J connectivity index is 2.30. The highest BCUT2D eigenvalue weighted by atomic mass is 19.4. The van der Waals surface area contributed by atoms with Crippen molar-refractivity contribution in [3.05, 3.63) is 11.9 Å². The highest BCUT2D eigenvalue weighted by Crippen LogP contribution is 2.14. The Morgan fingerprint density at radius 1 is 1.29 bits per heavy atom. The Morgan fingerprint density at radius 3 is 2.71 bits per heavy atom. The Hall–Kier alpha value is -1.28. The van der Waals surface area contributed by atoms with Crippen LogP contribution in [0.4, 0.5) is 19.1 Å². The zero-order valence-corrected chi connectivity index (χ0v) is 12.4. The molecule has 0 aliphatic heterocycles. The van der Waals surface area contributed by atoms with E-state index in [4.69, 9.17) is 4.74 Å². The van der Waals surface area contributed by atoms with Crippen molar-refractivity contribution in [3.8, 4) is 0 Å². The lowest BCUT2D eigenvalue weighted by Crippen LogP contribution is -2.20. The predicted molar refractivity (Wildman–Crippen MR) is 73.4 cm³/mol. The lowest BCUT2D eigenvalue weighted by Gasteiger charge is -2.11. The number of nitrogens with one attached hydrogen (secondary N) is 1. The van der Waals surface area contributed by atoms with Gasteiger partial charge in [-0.15, -0.1) is 0 Å². The summed E-state index contributed by atoms with van der Waals surface area (Å²) in [6.07, 6.45) is -1.54. The van der Waals surface area contributed by atoms with Crippen molar-refractivity contribution in [2.24, 2.45) is 0 Å². The molecule has 0 fully saturated rings. The maximum absolute atomic E-state index is 11.9. The molecule has 1 heterocycles. The Kier molecular flexibility index (Phi) is 7.52. The van der Waals surface area contributed by atoms with E-state index in [1.165, 1.54) is 0 Å². The molecule has 0 radical (unpaired) electrons. The maximum Gasteiger partial charge on any atom is 0.411 e. The van der Waals surface area contributed by atoms with Crippen LogP contribution in [-0.2, 0) is 16.0 Å². The number of alkyl halides is 3. The Labute approximate surface area is 122 Å². The van der Waals surface area contributed by atoms with E-state index >= 15 is 0 Å². The molecular weight excluding hydrogens is 287 g/mol. The van der Waals surface area contributed by atoms with Gasteiger partial charge in [-0.05, 0) is 20.3 Å². The van der Waals surface area contributed by atoms with Crippen LogP contribution < -0.4 is 5.32 Å². The van der Waals surface area contributed by atoms with Crippen molar-refractivity contribution in [2.45, 2.75) is 33.0 Å². The van der Waals surface area contributed by atoms with E-state index in [1.54, 1.807) is 0 Å². The van der Waals surface area contributed by atoms with Crippen LogP contribution in [0.25, 0.3) is 0 Å². The second-order valence-corrected chi connectivity index (χ2v) is 4.54. The number of rotatable bonds is 10. The minimum absolute atomic E-state index is 0.0234. The number of aryl methyl sites for hydroxylation is 2. The lowest BCUT2D eigenvalue weighted by atomic mass is 10.4. The summed E-state index contributed by atoms with van der Waals surface area (Å²) >= 11 is 0. The van der Waals surface area contributed by atoms with Crippen molar-refractivity contribution in [3.63, 3.8) is 0 Å². The first-order chi connectivity index (χ1) is 9.92. The van der Waals surface area contributed by atoms with Crippen LogP contribution in [0.15, 0.2) is 6.20 Å². The summed E-state index contributed by atoms with van der Waals surface area (Å²) < 4.78 is 47.4. The van der Waals surface area contributed by atoms with Gasteiger partial charge in [-0.2, -0.15) is 13.2 Å². The Bertz CT molecular complexity index is 408. The molecule has 122 valence electrons. The number of imidazole rings is 1. The van der Waals surface area contributed by atoms with Crippen molar-refractivity contribution in [1.29, 1.82) is 0 Å². The summed E-state index contributed by atoms with van der Waals surface area (Å²) in [5.41, 5.74) is 0.852. The van der Waals surface area contributed by atoms with E-state index in [0.717, 1.165) is 18.7 Å². The third kappa shape index (κ3) is 7.91. The van der Waals surface area contributed by atoms with Gasteiger partial charge < -0.3 is 19.4 Å². The quantitative estimate of drug-likeness (QED) is 0.675. The fraction of sp³-hybridized carbons (Fsp3) is 0.769. The van der Waals surface area contributed by atoms with Gasteiger partial charge >= 0.3 is 6.18 Å². The van der Waals surface area contributed by atoms with Crippen molar-refractivity contribution >= 4 is 5.95 Å². The molecule has 1 N–H and O–H groups in total. The third-order valence-electron chi connectivity index (χ3n) is 2.58. The van der Waals surface area contributed by atoms with Crippen LogP contribution in [-0.4, -0.2) is 48.7 Å². The van der Waals surface area contributed by atoms with Crippen LogP contribution in [0.3, 0.4) is 0 Å². The zero-order valence-electron chi connectivity index (χ0n) is 12.4. The molecule has 1 aromatic heterocycles. The molecule has 1 aromatic rings. The minimum Gasteiger partial charge on any atom is -0.382 e. The van der Waals surface area contributed by atoms with Gasteiger partial charge in [-0.25, -0.2) is 4.98 Å². The zero-order chi connectivity index (χ0) is 15.7. The predicted octanol–water partition coefficient (Wildman–Crippen LogP) is 2.61. The van der Waals surface area contributed by atoms with Gasteiger partial charge in [0.15, 0.2) is 0 Å². The SMILES string of the molecule is CCOCCCn1cc(C)nc1NCCOCC(F)(F)F. The van der Waals surface area contributed by atoms with E-state index in [-0.39, 0.29) is 13.2 Å². The van der Waals surface area contributed by atoms with Gasteiger partial charge in [-0.1, -0.05) is 0 Å². The Morgan fingerprint density at radius 2 is 2.05 bits per heavy atom. The van der Waals surface area contributed by atoms with E-state index < -0.39 is 12.8 Å². The van der Waals surface area contributed by atoms with Gasteiger partial charge in [0.1, 0.15) is 6.61 Å². The molecule has 0 amide bonds. The molecule has 0 aliphatic rings. The molecule has 0 unspecified atom stereocenters. The number of nitrogens with zero attached hydrogens (tertiary/aromatic N) is 2. The number of hydrogen-bond acceptors (Lipinski definition) is 4. The molecule has 5 nitrogen and oxygen atoms in total. The summed E-state index contributed by atoms with van der Waals surface area (Å²) in [4.78, 5) is 4.29. The van der Waals surface area contributed by atoms with E-state index in [1.807, 2.05) is 24.6 Å². The largest absolute Gasteiger partial charge is 0.411 e. The molecule has 21 heavy (non-hydrogen) atoms. The van der Waals surface area contributed by atoms with Crippen molar-refractivity contribution in [2.75, 3.05) is 38.3 Å². The highest BCUT2D eigenvalue weighted by molar-refractivity contribution is 5.28. The van der Waals surface area contributed by atoms with Crippen molar-refractivity contribution < 1.29 is 22.6 Å². The van der Waals surface area contributed by atoms with Gasteiger partial charge in [0.05, 0.1) is 12.3 Å². The first-order valence-electron chi connectivity index (χ1n) is 6.92. The fourth-order valence-corrected chi connectivity index (χ4v) is 1.76. The summed E-state index contributed by atoms with van der Waals surface area (Å²) in [7, 11) is 0. The fourth-order valence-electron chi connectivity index (χ4n) is 1.76. The average Bonchev–Trinajstić information content (AvgIpc) is 2.73. The van der Waals surface area contributed by atoms with Crippen LogP contribution in [0.5, 0.6) is 0 Å². The van der Waals surface area contributed by atoms with Crippen LogP contribution in [0.1, 0.15) is 19.0 Å². The minimum atomic E-state index is -4.28. The number of hydrogen-bond donors (Lipinski definition) is 1. The molecule has 0 aliphatic carbocycles. The summed E-state index contributed by atoms with van der Waals surface area (Å²) in [6.45, 7) is 4.93. The maximum atomic E-state index is 11.9. The number of halogens is 3. The molecule has 0 saturated heterocycles. The molecule has 0 saturated carbocycles. The first-order valence-corrected chi connectivity index (χ1v) is 6.92. The molecule has 1 rings (SSSR count). The summed E-state index contributed by atoms with van der Waals surface area (Å²) in [6, 6.07) is 0. The van der Waals surface area contributed by atoms with E-state index in [0.29, 0.717) is 19.2 Å². The smallest absolute Gasteiger partial charge is 0.382 e. The van der Waals surface area contributed by atoms with Crippen LogP contribution >= 0.6 is 0 Å². The van der Waals surface area contributed by atoms with Gasteiger partial charge in [0, 0.05) is 32.5 Å². The monoisotopic (exact) mass is 309 g/mol. The molecule has 0 atom stereocenters. The van der Waals surface area contributed by atoms with Crippen LogP contribution in [0.2, 0.25) is 0 Å². The normalized spacial score (nSPS) is 11.9. The average molecular weight is 309 g/mol. The molecule has 0 aromatic carbocycles. The molecule has 8 heteroatoms. The summed E-state index contributed by atoms with van der Waals surface area (Å²) in [5.74, 6) is 0.639. The van der Waals surface area contributed by atoms with Crippen molar-refractivity contribution in [1.82, 2.24) is 9.55 Å². The number of anilines is 1.